The Morgan fingerprint density at radius 3 is 1.64 bits per heavy atom. The fourth-order valence-corrected chi connectivity index (χ4v) is 4.25. The van der Waals surface area contributed by atoms with Crippen molar-refractivity contribution in [2.75, 3.05) is 6.54 Å². The maximum Gasteiger partial charge on any atom is 0.187 e. The molecule has 0 radical (unpaired) electrons. The van der Waals surface area contributed by atoms with E-state index >= 15 is 0 Å². The number of nitrogens with zero attached hydrogens (tertiary/aromatic N) is 3. The molecule has 0 aliphatic carbocycles. The van der Waals surface area contributed by atoms with Crippen molar-refractivity contribution >= 4 is 32.9 Å². The number of unbranched alkanes of at least 4 members (excludes halogenated alkanes) is 1. The SMILES string of the molecule is [C-]#[N+]c1ccc2c(CN(CCCC)Cc3c(O)ccc4cc([N+]#[C-])ccc34)c(O)ccc2c1. The molecule has 0 aromatic heterocycles. The van der Waals surface area contributed by atoms with Gasteiger partial charge in [0.1, 0.15) is 11.5 Å². The van der Waals surface area contributed by atoms with E-state index in [4.69, 9.17) is 13.1 Å². The van der Waals surface area contributed by atoms with Crippen LogP contribution in [0.1, 0.15) is 30.9 Å². The fourth-order valence-electron chi connectivity index (χ4n) is 4.25. The highest BCUT2D eigenvalue weighted by Crippen LogP contribution is 2.34. The van der Waals surface area contributed by atoms with E-state index in [1.54, 1.807) is 24.3 Å². The molecule has 0 saturated carbocycles. The van der Waals surface area contributed by atoms with Gasteiger partial charge in [0.15, 0.2) is 11.4 Å². The quantitative estimate of drug-likeness (QED) is 0.299. The minimum Gasteiger partial charge on any atom is -0.508 e. The molecule has 164 valence electrons. The molecule has 4 aromatic rings. The molecule has 0 unspecified atom stereocenters. The second kappa shape index (κ2) is 9.61. The van der Waals surface area contributed by atoms with E-state index in [9.17, 15) is 10.2 Å². The predicted octanol–water partition coefficient (Wildman–Crippen LogP) is 7.31. The summed E-state index contributed by atoms with van der Waals surface area (Å²) in [6, 6.07) is 18.1. The fraction of sp³-hybridized carbons (Fsp3) is 0.214. The van der Waals surface area contributed by atoms with Crippen molar-refractivity contribution in [3.63, 3.8) is 0 Å². The van der Waals surface area contributed by atoms with Crippen LogP contribution in [0.15, 0.2) is 60.7 Å². The molecule has 2 N–H and O–H groups in total. The molecule has 0 spiro atoms. The Morgan fingerprint density at radius 1 is 0.727 bits per heavy atom. The van der Waals surface area contributed by atoms with E-state index in [0.717, 1.165) is 52.1 Å². The topological polar surface area (TPSA) is 52.4 Å². The lowest BCUT2D eigenvalue weighted by atomic mass is 10.00. The first-order valence-corrected chi connectivity index (χ1v) is 11.0. The van der Waals surface area contributed by atoms with Crippen molar-refractivity contribution in [1.29, 1.82) is 0 Å². The molecule has 0 atom stereocenters. The standard InChI is InChI=1S/C28H25N3O2/c1-4-5-14-31(17-25-23-10-8-21(29-2)15-19(23)6-12-27(25)32)18-26-24-11-9-22(30-3)16-20(24)7-13-28(26)33/h6-13,15-16,32-33H,4-5,14,17-18H2,1H3. The van der Waals surface area contributed by atoms with Gasteiger partial charge in [0.2, 0.25) is 0 Å². The Morgan fingerprint density at radius 2 is 1.21 bits per heavy atom. The van der Waals surface area contributed by atoms with Gasteiger partial charge in [0.25, 0.3) is 0 Å². The highest BCUT2D eigenvalue weighted by molar-refractivity contribution is 5.91. The lowest BCUT2D eigenvalue weighted by Gasteiger charge is -2.25. The van der Waals surface area contributed by atoms with Crippen LogP contribution in [0.4, 0.5) is 11.4 Å². The zero-order chi connectivity index (χ0) is 23.4. The largest absolute Gasteiger partial charge is 0.508 e. The zero-order valence-electron chi connectivity index (χ0n) is 18.5. The highest BCUT2D eigenvalue weighted by atomic mass is 16.3. The summed E-state index contributed by atoms with van der Waals surface area (Å²) in [4.78, 5) is 9.26. The molecule has 0 heterocycles. The van der Waals surface area contributed by atoms with Crippen molar-refractivity contribution in [3.05, 3.63) is 94.6 Å². The molecular formula is C28H25N3O2. The zero-order valence-corrected chi connectivity index (χ0v) is 18.5. The molecule has 33 heavy (non-hydrogen) atoms. The Kier molecular flexibility index (Phi) is 6.45. The maximum atomic E-state index is 10.7. The molecule has 0 bridgehead atoms. The summed E-state index contributed by atoms with van der Waals surface area (Å²) in [5.74, 6) is 0.451. The summed E-state index contributed by atoms with van der Waals surface area (Å²) in [6.07, 6.45) is 2.02. The number of hydrogen-bond acceptors (Lipinski definition) is 3. The number of phenols is 2. The van der Waals surface area contributed by atoms with Gasteiger partial charge in [-0.1, -0.05) is 49.7 Å². The Balaban J connectivity index is 1.74. The Bertz CT molecular complexity index is 1310. The monoisotopic (exact) mass is 435 g/mol. The van der Waals surface area contributed by atoms with Crippen LogP contribution in [0.25, 0.3) is 31.2 Å². The molecular weight excluding hydrogens is 410 g/mol. The summed E-state index contributed by atoms with van der Waals surface area (Å²) >= 11 is 0. The van der Waals surface area contributed by atoms with Gasteiger partial charge in [-0.25, -0.2) is 9.69 Å². The van der Waals surface area contributed by atoms with E-state index in [0.29, 0.717) is 24.5 Å². The van der Waals surface area contributed by atoms with Crippen molar-refractivity contribution in [2.24, 2.45) is 0 Å². The number of aromatic hydroxyl groups is 2. The maximum absolute atomic E-state index is 10.7. The average molecular weight is 436 g/mol. The molecule has 0 fully saturated rings. The lowest BCUT2D eigenvalue weighted by molar-refractivity contribution is 0.248. The third-order valence-electron chi connectivity index (χ3n) is 6.03. The Hall–Kier alpha value is -4.06. The van der Waals surface area contributed by atoms with E-state index in [2.05, 4.69) is 21.5 Å². The highest BCUT2D eigenvalue weighted by Gasteiger charge is 2.16. The molecule has 5 nitrogen and oxygen atoms in total. The van der Waals surface area contributed by atoms with Gasteiger partial charge in [0.05, 0.1) is 13.1 Å². The van der Waals surface area contributed by atoms with Crippen LogP contribution in [0.2, 0.25) is 0 Å². The molecule has 4 rings (SSSR count). The van der Waals surface area contributed by atoms with Crippen molar-refractivity contribution in [1.82, 2.24) is 4.90 Å². The minimum atomic E-state index is 0.225. The second-order valence-corrected chi connectivity index (χ2v) is 8.23. The van der Waals surface area contributed by atoms with E-state index in [-0.39, 0.29) is 11.5 Å². The van der Waals surface area contributed by atoms with Gasteiger partial charge in [-0.3, -0.25) is 4.90 Å². The van der Waals surface area contributed by atoms with Gasteiger partial charge in [0, 0.05) is 24.2 Å². The van der Waals surface area contributed by atoms with E-state index in [1.807, 2.05) is 36.4 Å². The summed E-state index contributed by atoms with van der Waals surface area (Å²) < 4.78 is 0. The average Bonchev–Trinajstić information content (AvgIpc) is 2.84. The number of benzene rings is 4. The van der Waals surface area contributed by atoms with Crippen molar-refractivity contribution in [3.8, 4) is 11.5 Å². The third-order valence-corrected chi connectivity index (χ3v) is 6.03. The Labute approximate surface area is 193 Å². The second-order valence-electron chi connectivity index (χ2n) is 8.23. The number of fused-ring (bicyclic) bond motifs is 2. The van der Waals surface area contributed by atoms with Crippen LogP contribution in [0, 0.1) is 13.1 Å². The van der Waals surface area contributed by atoms with E-state index < -0.39 is 0 Å². The van der Waals surface area contributed by atoms with Gasteiger partial charge in [-0.05, 0) is 58.8 Å². The first-order chi connectivity index (χ1) is 16.0. The van der Waals surface area contributed by atoms with Crippen LogP contribution in [0.5, 0.6) is 11.5 Å². The van der Waals surface area contributed by atoms with Crippen LogP contribution in [-0.2, 0) is 13.1 Å². The van der Waals surface area contributed by atoms with Gasteiger partial charge in [-0.15, -0.1) is 0 Å². The summed E-state index contributed by atoms with van der Waals surface area (Å²) in [5.41, 5.74) is 2.77. The minimum absolute atomic E-state index is 0.225. The molecule has 0 saturated heterocycles. The normalized spacial score (nSPS) is 11.0. The smallest absolute Gasteiger partial charge is 0.187 e. The number of rotatable bonds is 7. The molecule has 0 aliphatic rings. The summed E-state index contributed by atoms with van der Waals surface area (Å²) in [6.45, 7) is 18.5. The van der Waals surface area contributed by atoms with Crippen LogP contribution >= 0.6 is 0 Å². The first-order valence-electron chi connectivity index (χ1n) is 11.0. The van der Waals surface area contributed by atoms with Crippen molar-refractivity contribution in [2.45, 2.75) is 32.9 Å². The summed E-state index contributed by atoms with van der Waals surface area (Å²) in [5, 5.41) is 25.1. The third kappa shape index (κ3) is 4.60. The summed E-state index contributed by atoms with van der Waals surface area (Å²) in [7, 11) is 0. The molecule has 0 aliphatic heterocycles. The predicted molar refractivity (Wildman–Crippen MR) is 133 cm³/mol. The van der Waals surface area contributed by atoms with Gasteiger partial charge >= 0.3 is 0 Å². The molecule has 4 aromatic carbocycles. The number of hydrogen-bond donors (Lipinski definition) is 2. The van der Waals surface area contributed by atoms with Crippen LogP contribution in [-0.4, -0.2) is 21.7 Å². The van der Waals surface area contributed by atoms with Crippen LogP contribution in [0.3, 0.4) is 0 Å². The van der Waals surface area contributed by atoms with Crippen molar-refractivity contribution < 1.29 is 10.2 Å². The van der Waals surface area contributed by atoms with Gasteiger partial charge in [-0.2, -0.15) is 0 Å². The molecule has 0 amide bonds. The van der Waals surface area contributed by atoms with Gasteiger partial charge < -0.3 is 10.2 Å². The van der Waals surface area contributed by atoms with E-state index in [1.165, 1.54) is 0 Å². The molecule has 5 heteroatoms. The van der Waals surface area contributed by atoms with Crippen LogP contribution < -0.4 is 0 Å². The first kappa shape index (κ1) is 22.1. The lowest BCUT2D eigenvalue weighted by Crippen LogP contribution is -2.24. The number of phenolic OH excluding ortho intramolecular Hbond substituents is 2.